The lowest BCUT2D eigenvalue weighted by Gasteiger charge is -2.21. The Bertz CT molecular complexity index is 363. The van der Waals surface area contributed by atoms with Crippen molar-refractivity contribution in [1.29, 1.82) is 0 Å². The van der Waals surface area contributed by atoms with E-state index >= 15 is 0 Å². The van der Waals surface area contributed by atoms with Crippen molar-refractivity contribution in [3.63, 3.8) is 0 Å². The number of carbonyl (C=O) groups excluding carboxylic acids is 1. The van der Waals surface area contributed by atoms with Crippen LogP contribution in [0.3, 0.4) is 0 Å². The lowest BCUT2D eigenvalue weighted by molar-refractivity contribution is -0.118. The number of thioether (sulfide) groups is 1. The summed E-state index contributed by atoms with van der Waals surface area (Å²) in [5.41, 5.74) is 1.15. The zero-order chi connectivity index (χ0) is 12.6. The van der Waals surface area contributed by atoms with E-state index in [2.05, 4.69) is 10.6 Å². The van der Waals surface area contributed by atoms with Gasteiger partial charge in [0.05, 0.1) is 5.75 Å². The summed E-state index contributed by atoms with van der Waals surface area (Å²) >= 11 is 1.79. The first-order valence-corrected chi connectivity index (χ1v) is 7.52. The highest BCUT2D eigenvalue weighted by Crippen LogP contribution is 2.19. The summed E-state index contributed by atoms with van der Waals surface area (Å²) in [6.07, 6.45) is 2.35. The van der Waals surface area contributed by atoms with E-state index in [1.807, 2.05) is 30.3 Å². The van der Waals surface area contributed by atoms with Crippen LogP contribution in [0.4, 0.5) is 0 Å². The topological polar surface area (TPSA) is 41.1 Å². The minimum Gasteiger partial charge on any atom is -0.351 e. The van der Waals surface area contributed by atoms with Gasteiger partial charge in [-0.3, -0.25) is 4.79 Å². The van der Waals surface area contributed by atoms with Gasteiger partial charge in [-0.15, -0.1) is 11.8 Å². The van der Waals surface area contributed by atoms with E-state index in [-0.39, 0.29) is 5.91 Å². The van der Waals surface area contributed by atoms with Crippen molar-refractivity contribution >= 4 is 17.7 Å². The number of hydrogen-bond donors (Lipinski definition) is 2. The molecule has 1 heterocycles. The molecule has 98 valence electrons. The predicted molar refractivity (Wildman–Crippen MR) is 76.6 cm³/mol. The number of benzene rings is 1. The Morgan fingerprint density at radius 3 is 2.72 bits per heavy atom. The molecule has 0 radical (unpaired) electrons. The first-order chi connectivity index (χ1) is 8.84. The highest BCUT2D eigenvalue weighted by Gasteiger charge is 2.14. The molecule has 0 unspecified atom stereocenters. The Morgan fingerprint density at radius 2 is 2.00 bits per heavy atom. The van der Waals surface area contributed by atoms with Gasteiger partial charge < -0.3 is 10.6 Å². The Labute approximate surface area is 113 Å². The summed E-state index contributed by atoms with van der Waals surface area (Å²) in [6.45, 7) is 2.80. The predicted octanol–water partition coefficient (Wildman–Crippen LogP) is 1.79. The molecule has 0 aliphatic carbocycles. The molecule has 3 nitrogen and oxygen atoms in total. The molecule has 0 bridgehead atoms. The van der Waals surface area contributed by atoms with Gasteiger partial charge in [0.25, 0.3) is 0 Å². The monoisotopic (exact) mass is 264 g/mol. The Hall–Kier alpha value is -1.00. The average Bonchev–Trinajstić information content (AvgIpc) is 2.45. The van der Waals surface area contributed by atoms with Crippen molar-refractivity contribution in [3.05, 3.63) is 35.9 Å². The Kier molecular flexibility index (Phi) is 5.55. The van der Waals surface area contributed by atoms with Crippen LogP contribution >= 0.6 is 11.8 Å². The van der Waals surface area contributed by atoms with Crippen molar-refractivity contribution in [2.75, 3.05) is 18.8 Å². The molecule has 1 saturated heterocycles. The molecule has 1 aromatic rings. The third kappa shape index (κ3) is 4.70. The summed E-state index contributed by atoms with van der Waals surface area (Å²) in [6, 6.07) is 10.0. The van der Waals surface area contributed by atoms with Gasteiger partial charge in [-0.25, -0.2) is 0 Å². The fourth-order valence-corrected chi connectivity index (χ4v) is 3.06. The van der Waals surface area contributed by atoms with Gasteiger partial charge in [-0.1, -0.05) is 30.3 Å². The molecule has 1 aliphatic rings. The molecular weight excluding hydrogens is 244 g/mol. The van der Waals surface area contributed by atoms with Gasteiger partial charge in [0.1, 0.15) is 0 Å². The summed E-state index contributed by atoms with van der Waals surface area (Å²) in [5, 5.41) is 6.95. The number of nitrogens with one attached hydrogen (secondary N) is 2. The van der Waals surface area contributed by atoms with Gasteiger partial charge >= 0.3 is 0 Å². The van der Waals surface area contributed by atoms with Gasteiger partial charge in [-0.2, -0.15) is 0 Å². The fraction of sp³-hybridized carbons (Fsp3) is 0.500. The molecule has 1 amide bonds. The van der Waals surface area contributed by atoms with Crippen molar-refractivity contribution in [2.45, 2.75) is 24.6 Å². The van der Waals surface area contributed by atoms with E-state index in [1.165, 1.54) is 12.8 Å². The smallest absolute Gasteiger partial charge is 0.230 e. The van der Waals surface area contributed by atoms with Crippen LogP contribution in [-0.2, 0) is 11.3 Å². The first kappa shape index (κ1) is 13.4. The molecule has 0 saturated carbocycles. The standard InChI is InChI=1S/C14H20N2OS/c17-14(11-18-13-6-8-15-9-7-13)16-10-12-4-2-1-3-5-12/h1-5,13,15H,6-11H2,(H,16,17). The molecule has 1 aromatic carbocycles. The normalized spacial score (nSPS) is 16.4. The van der Waals surface area contributed by atoms with Crippen LogP contribution in [0.15, 0.2) is 30.3 Å². The molecule has 18 heavy (non-hydrogen) atoms. The fourth-order valence-electron chi connectivity index (χ4n) is 2.00. The van der Waals surface area contributed by atoms with E-state index in [1.54, 1.807) is 11.8 Å². The summed E-state index contributed by atoms with van der Waals surface area (Å²) in [7, 11) is 0. The van der Waals surface area contributed by atoms with Crippen LogP contribution in [0.2, 0.25) is 0 Å². The van der Waals surface area contributed by atoms with Crippen LogP contribution < -0.4 is 10.6 Å². The molecule has 2 rings (SSSR count). The van der Waals surface area contributed by atoms with Crippen molar-refractivity contribution in [3.8, 4) is 0 Å². The highest BCUT2D eigenvalue weighted by molar-refractivity contribution is 8.00. The van der Waals surface area contributed by atoms with Gasteiger partial charge in [0, 0.05) is 11.8 Å². The molecule has 0 aromatic heterocycles. The van der Waals surface area contributed by atoms with E-state index in [4.69, 9.17) is 0 Å². The van der Waals surface area contributed by atoms with Crippen LogP contribution in [0.1, 0.15) is 18.4 Å². The van der Waals surface area contributed by atoms with Crippen LogP contribution in [-0.4, -0.2) is 30.0 Å². The maximum absolute atomic E-state index is 11.7. The molecular formula is C14H20N2OS. The van der Waals surface area contributed by atoms with E-state index in [9.17, 15) is 4.79 Å². The summed E-state index contributed by atoms with van der Waals surface area (Å²) in [4.78, 5) is 11.7. The Balaban J connectivity index is 1.63. The summed E-state index contributed by atoms with van der Waals surface area (Å²) < 4.78 is 0. The van der Waals surface area contributed by atoms with E-state index in [0.29, 0.717) is 17.5 Å². The van der Waals surface area contributed by atoms with Crippen LogP contribution in [0.5, 0.6) is 0 Å². The second-order valence-corrected chi connectivity index (χ2v) is 5.81. The quantitative estimate of drug-likeness (QED) is 0.852. The third-order valence-electron chi connectivity index (χ3n) is 3.07. The SMILES string of the molecule is O=C(CSC1CCNCC1)NCc1ccccc1. The number of carbonyl (C=O) groups is 1. The zero-order valence-electron chi connectivity index (χ0n) is 10.5. The number of rotatable bonds is 5. The lowest BCUT2D eigenvalue weighted by Crippen LogP contribution is -2.31. The molecule has 1 aliphatic heterocycles. The lowest BCUT2D eigenvalue weighted by atomic mass is 10.2. The van der Waals surface area contributed by atoms with E-state index in [0.717, 1.165) is 18.7 Å². The number of hydrogen-bond acceptors (Lipinski definition) is 3. The zero-order valence-corrected chi connectivity index (χ0v) is 11.3. The van der Waals surface area contributed by atoms with Crippen molar-refractivity contribution < 1.29 is 4.79 Å². The van der Waals surface area contributed by atoms with Crippen molar-refractivity contribution in [1.82, 2.24) is 10.6 Å². The second-order valence-electron chi connectivity index (χ2n) is 4.52. The molecule has 0 spiro atoms. The maximum Gasteiger partial charge on any atom is 0.230 e. The number of piperidine rings is 1. The summed E-state index contributed by atoms with van der Waals surface area (Å²) in [5.74, 6) is 0.722. The highest BCUT2D eigenvalue weighted by atomic mass is 32.2. The van der Waals surface area contributed by atoms with Gasteiger partial charge in [0.2, 0.25) is 5.91 Å². The average molecular weight is 264 g/mol. The molecule has 1 fully saturated rings. The molecule has 2 N–H and O–H groups in total. The maximum atomic E-state index is 11.7. The molecule has 0 atom stereocenters. The first-order valence-electron chi connectivity index (χ1n) is 6.47. The van der Waals surface area contributed by atoms with Gasteiger partial charge in [0.15, 0.2) is 0 Å². The minimum atomic E-state index is 0.141. The van der Waals surface area contributed by atoms with E-state index < -0.39 is 0 Å². The number of amides is 1. The third-order valence-corrected chi connectivity index (χ3v) is 4.44. The molecule has 4 heteroatoms. The second kappa shape index (κ2) is 7.44. The Morgan fingerprint density at radius 1 is 1.28 bits per heavy atom. The van der Waals surface area contributed by atoms with Gasteiger partial charge in [-0.05, 0) is 31.5 Å². The van der Waals surface area contributed by atoms with Crippen LogP contribution in [0, 0.1) is 0 Å². The largest absolute Gasteiger partial charge is 0.351 e. The van der Waals surface area contributed by atoms with Crippen molar-refractivity contribution in [2.24, 2.45) is 0 Å². The van der Waals surface area contributed by atoms with Crippen LogP contribution in [0.25, 0.3) is 0 Å². The minimum absolute atomic E-state index is 0.141.